The van der Waals surface area contributed by atoms with Crippen LogP contribution >= 0.6 is 0 Å². The second-order valence-electron chi connectivity index (χ2n) is 2.40. The zero-order valence-electron chi connectivity index (χ0n) is 6.25. The van der Waals surface area contributed by atoms with Crippen molar-refractivity contribution < 1.29 is 14.6 Å². The van der Waals surface area contributed by atoms with Gasteiger partial charge in [-0.1, -0.05) is 0 Å². The summed E-state index contributed by atoms with van der Waals surface area (Å²) in [6, 6.07) is 0. The normalized spacial score (nSPS) is 34.2. The van der Waals surface area contributed by atoms with Gasteiger partial charge in [0.1, 0.15) is 6.10 Å². The quantitative estimate of drug-likeness (QED) is 0.617. The van der Waals surface area contributed by atoms with Gasteiger partial charge in [-0.05, 0) is 19.8 Å². The summed E-state index contributed by atoms with van der Waals surface area (Å²) >= 11 is 0. The fourth-order valence-electron chi connectivity index (χ4n) is 1.12. The Labute approximate surface area is 60.9 Å². The maximum atomic E-state index is 9.15. The third-order valence-electron chi connectivity index (χ3n) is 1.62. The van der Waals surface area contributed by atoms with Gasteiger partial charge in [0, 0.05) is 13.2 Å². The minimum absolute atomic E-state index is 0.0984. The molecule has 0 amide bonds. The van der Waals surface area contributed by atoms with E-state index in [4.69, 9.17) is 14.6 Å². The molecule has 0 radical (unpaired) electrons. The molecular formula is C7H14O3. The minimum atomic E-state index is -0.700. The van der Waals surface area contributed by atoms with Crippen LogP contribution in [0.4, 0.5) is 0 Å². The van der Waals surface area contributed by atoms with Crippen LogP contribution in [0.15, 0.2) is 0 Å². The number of ether oxygens (including phenoxy) is 2. The Hall–Kier alpha value is -0.120. The first-order valence-corrected chi connectivity index (χ1v) is 3.76. The van der Waals surface area contributed by atoms with Gasteiger partial charge in [0.25, 0.3) is 0 Å². The zero-order chi connectivity index (χ0) is 7.40. The van der Waals surface area contributed by atoms with E-state index in [-0.39, 0.29) is 6.10 Å². The largest absolute Gasteiger partial charge is 0.373 e. The Morgan fingerprint density at radius 2 is 2.50 bits per heavy atom. The molecule has 0 aliphatic carbocycles. The molecule has 1 aliphatic rings. The van der Waals surface area contributed by atoms with E-state index in [0.717, 1.165) is 12.8 Å². The molecule has 0 aromatic rings. The molecule has 3 nitrogen and oxygen atoms in total. The third kappa shape index (κ3) is 1.94. The van der Waals surface area contributed by atoms with Gasteiger partial charge >= 0.3 is 0 Å². The van der Waals surface area contributed by atoms with Crippen molar-refractivity contribution in [2.75, 3.05) is 13.2 Å². The van der Waals surface area contributed by atoms with Crippen molar-refractivity contribution in [2.24, 2.45) is 0 Å². The molecule has 0 saturated carbocycles. The monoisotopic (exact) mass is 146 g/mol. The first-order valence-electron chi connectivity index (χ1n) is 3.76. The lowest BCUT2D eigenvalue weighted by Crippen LogP contribution is -2.35. The van der Waals surface area contributed by atoms with Crippen LogP contribution in [-0.4, -0.2) is 30.7 Å². The van der Waals surface area contributed by atoms with Crippen LogP contribution in [0.25, 0.3) is 0 Å². The smallest absolute Gasteiger partial charge is 0.181 e. The highest BCUT2D eigenvalue weighted by molar-refractivity contribution is 4.65. The number of rotatable bonds is 2. The van der Waals surface area contributed by atoms with E-state index in [1.54, 1.807) is 0 Å². The summed E-state index contributed by atoms with van der Waals surface area (Å²) in [5.41, 5.74) is 0. The van der Waals surface area contributed by atoms with E-state index in [1.807, 2.05) is 6.92 Å². The molecule has 10 heavy (non-hydrogen) atoms. The van der Waals surface area contributed by atoms with Crippen LogP contribution in [0.3, 0.4) is 0 Å². The van der Waals surface area contributed by atoms with Crippen molar-refractivity contribution in [1.29, 1.82) is 0 Å². The summed E-state index contributed by atoms with van der Waals surface area (Å²) in [5, 5.41) is 9.15. The van der Waals surface area contributed by atoms with Crippen LogP contribution in [0.5, 0.6) is 0 Å². The van der Waals surface area contributed by atoms with E-state index in [9.17, 15) is 0 Å². The van der Waals surface area contributed by atoms with Crippen LogP contribution in [0.1, 0.15) is 19.8 Å². The molecule has 60 valence electrons. The predicted molar refractivity (Wildman–Crippen MR) is 36.6 cm³/mol. The summed E-state index contributed by atoms with van der Waals surface area (Å²) in [6.45, 7) is 3.22. The van der Waals surface area contributed by atoms with E-state index < -0.39 is 6.29 Å². The van der Waals surface area contributed by atoms with Crippen molar-refractivity contribution in [3.63, 3.8) is 0 Å². The van der Waals surface area contributed by atoms with Gasteiger partial charge in [0.2, 0.25) is 0 Å². The van der Waals surface area contributed by atoms with Crippen molar-refractivity contribution in [2.45, 2.75) is 32.2 Å². The van der Waals surface area contributed by atoms with Gasteiger partial charge in [-0.25, -0.2) is 0 Å². The molecule has 0 spiro atoms. The second-order valence-corrected chi connectivity index (χ2v) is 2.40. The average Bonchev–Trinajstić information content (AvgIpc) is 1.94. The lowest BCUT2D eigenvalue weighted by molar-refractivity contribution is -0.200. The Morgan fingerprint density at radius 3 is 3.10 bits per heavy atom. The van der Waals surface area contributed by atoms with Crippen LogP contribution < -0.4 is 0 Å². The Bertz CT molecular complexity index is 92.9. The summed E-state index contributed by atoms with van der Waals surface area (Å²) in [4.78, 5) is 0. The molecule has 2 atom stereocenters. The maximum Gasteiger partial charge on any atom is 0.181 e. The highest BCUT2D eigenvalue weighted by atomic mass is 16.6. The van der Waals surface area contributed by atoms with Gasteiger partial charge in [0.15, 0.2) is 6.29 Å². The highest BCUT2D eigenvalue weighted by Crippen LogP contribution is 2.14. The van der Waals surface area contributed by atoms with Gasteiger partial charge in [0.05, 0.1) is 0 Å². The molecule has 1 rings (SSSR count). The molecule has 1 heterocycles. The van der Waals surface area contributed by atoms with Crippen LogP contribution in [-0.2, 0) is 9.47 Å². The van der Waals surface area contributed by atoms with Gasteiger partial charge in [-0.15, -0.1) is 0 Å². The Morgan fingerprint density at radius 1 is 1.70 bits per heavy atom. The predicted octanol–water partition coefficient (Wildman–Crippen LogP) is 0.520. The lowest BCUT2D eigenvalue weighted by Gasteiger charge is -2.27. The van der Waals surface area contributed by atoms with Crippen LogP contribution in [0.2, 0.25) is 0 Å². The average molecular weight is 146 g/mol. The van der Waals surface area contributed by atoms with Crippen molar-refractivity contribution in [1.82, 2.24) is 0 Å². The van der Waals surface area contributed by atoms with Crippen molar-refractivity contribution in [3.05, 3.63) is 0 Å². The summed E-state index contributed by atoms with van der Waals surface area (Å²) < 4.78 is 10.2. The van der Waals surface area contributed by atoms with Crippen molar-refractivity contribution >= 4 is 0 Å². The van der Waals surface area contributed by atoms with E-state index in [0.29, 0.717) is 13.2 Å². The van der Waals surface area contributed by atoms with Crippen molar-refractivity contribution in [3.8, 4) is 0 Å². The molecule has 0 aromatic carbocycles. The number of aliphatic hydroxyl groups is 1. The van der Waals surface area contributed by atoms with E-state index >= 15 is 0 Å². The lowest BCUT2D eigenvalue weighted by atomic mass is 10.1. The second kappa shape index (κ2) is 3.91. The Kier molecular flexibility index (Phi) is 3.12. The fourth-order valence-corrected chi connectivity index (χ4v) is 1.12. The fraction of sp³-hybridized carbons (Fsp3) is 1.00. The number of hydrogen-bond donors (Lipinski definition) is 1. The molecule has 3 heteroatoms. The van der Waals surface area contributed by atoms with E-state index in [2.05, 4.69) is 0 Å². The summed E-state index contributed by atoms with van der Waals surface area (Å²) in [5.74, 6) is 0. The molecular weight excluding hydrogens is 132 g/mol. The SMILES string of the molecule is CCOC1CCCOC1O. The number of hydrogen-bond acceptors (Lipinski definition) is 3. The molecule has 1 N–H and O–H groups in total. The Balaban J connectivity index is 2.25. The molecule has 0 bridgehead atoms. The van der Waals surface area contributed by atoms with Crippen LogP contribution in [0, 0.1) is 0 Å². The minimum Gasteiger partial charge on any atom is -0.373 e. The van der Waals surface area contributed by atoms with Gasteiger partial charge < -0.3 is 14.6 Å². The van der Waals surface area contributed by atoms with Gasteiger partial charge in [-0.3, -0.25) is 0 Å². The van der Waals surface area contributed by atoms with E-state index in [1.165, 1.54) is 0 Å². The topological polar surface area (TPSA) is 38.7 Å². The third-order valence-corrected chi connectivity index (χ3v) is 1.62. The molecule has 1 fully saturated rings. The summed E-state index contributed by atoms with van der Waals surface area (Å²) in [6.07, 6.45) is 1.10. The maximum absolute atomic E-state index is 9.15. The van der Waals surface area contributed by atoms with Gasteiger partial charge in [-0.2, -0.15) is 0 Å². The zero-order valence-corrected chi connectivity index (χ0v) is 6.25. The first kappa shape index (κ1) is 7.98. The highest BCUT2D eigenvalue weighted by Gasteiger charge is 2.23. The summed E-state index contributed by atoms with van der Waals surface area (Å²) in [7, 11) is 0. The molecule has 2 unspecified atom stereocenters. The molecule has 0 aromatic heterocycles. The standard InChI is InChI=1S/C7H14O3/c1-2-9-6-4-3-5-10-7(6)8/h6-8H,2-5H2,1H3. The number of aliphatic hydroxyl groups excluding tert-OH is 1. The molecule has 1 aliphatic heterocycles. The molecule has 1 saturated heterocycles. The first-order chi connectivity index (χ1) is 4.84.